The summed E-state index contributed by atoms with van der Waals surface area (Å²) in [6.45, 7) is 2.08. The zero-order valence-electron chi connectivity index (χ0n) is 6.97. The quantitative estimate of drug-likeness (QED) is 0.574. The molecular weight excluding hydrogens is 162 g/mol. The van der Waals surface area contributed by atoms with E-state index in [0.717, 1.165) is 25.7 Å². The van der Waals surface area contributed by atoms with Crippen LogP contribution in [0.4, 0.5) is 0 Å². The first-order valence-electron chi connectivity index (χ1n) is 3.97. The summed E-state index contributed by atoms with van der Waals surface area (Å²) in [5, 5.41) is 0. The number of nitrogens with one attached hydrogen (secondary N) is 1. The zero-order chi connectivity index (χ0) is 8.74. The minimum Gasteiger partial charge on any atom is -0.242 e. The van der Waals surface area contributed by atoms with Crippen LogP contribution < -0.4 is 5.73 Å². The first-order chi connectivity index (χ1) is 5.12. The Bertz CT molecular complexity index is 175. The van der Waals surface area contributed by atoms with E-state index in [1.165, 1.54) is 0 Å². The molecule has 0 rings (SSSR count). The van der Waals surface area contributed by atoms with Gasteiger partial charge in [-0.05, 0) is 6.42 Å². The minimum absolute atomic E-state index is 0.191. The van der Waals surface area contributed by atoms with E-state index < -0.39 is 15.7 Å². The van der Waals surface area contributed by atoms with Crippen LogP contribution in [0.5, 0.6) is 0 Å². The highest BCUT2D eigenvalue weighted by Gasteiger charge is 2.06. The van der Waals surface area contributed by atoms with Crippen molar-refractivity contribution in [1.82, 2.24) is 5.73 Å². The molecule has 0 bridgehead atoms. The normalized spacial score (nSPS) is 11.8. The standard InChI is InChI=1S/C7H16NO2S/c1-2-3-4-5-6-11(9,10)7-8/h8H,2-7H2,1H3. The van der Waals surface area contributed by atoms with E-state index in [0.29, 0.717) is 0 Å². The van der Waals surface area contributed by atoms with Gasteiger partial charge in [-0.15, -0.1) is 0 Å². The molecule has 11 heavy (non-hydrogen) atoms. The molecule has 1 radical (unpaired) electrons. The molecule has 67 valence electrons. The monoisotopic (exact) mass is 178 g/mol. The fourth-order valence-electron chi connectivity index (χ4n) is 0.821. The second kappa shape index (κ2) is 5.55. The van der Waals surface area contributed by atoms with Gasteiger partial charge in [-0.2, -0.15) is 0 Å². The van der Waals surface area contributed by atoms with Gasteiger partial charge in [-0.1, -0.05) is 26.2 Å². The summed E-state index contributed by atoms with van der Waals surface area (Å²) in [5.41, 5.74) is 6.70. The van der Waals surface area contributed by atoms with Gasteiger partial charge in [0.2, 0.25) is 0 Å². The molecule has 0 aliphatic carbocycles. The van der Waals surface area contributed by atoms with E-state index in [9.17, 15) is 8.42 Å². The van der Waals surface area contributed by atoms with Crippen LogP contribution in [-0.2, 0) is 9.84 Å². The van der Waals surface area contributed by atoms with Crippen molar-refractivity contribution in [2.45, 2.75) is 32.6 Å². The molecule has 0 unspecified atom stereocenters. The third-order valence-corrected chi connectivity index (χ3v) is 2.88. The molecule has 0 aliphatic rings. The summed E-state index contributed by atoms with van der Waals surface area (Å²) >= 11 is 0. The predicted molar refractivity (Wildman–Crippen MR) is 45.9 cm³/mol. The van der Waals surface area contributed by atoms with Crippen LogP contribution in [0, 0.1) is 0 Å². The first kappa shape index (κ1) is 10.9. The molecule has 0 saturated carbocycles. The van der Waals surface area contributed by atoms with E-state index in [1.807, 2.05) is 0 Å². The van der Waals surface area contributed by atoms with Crippen molar-refractivity contribution in [3.05, 3.63) is 0 Å². The predicted octanol–water partition coefficient (Wildman–Crippen LogP) is 1.22. The van der Waals surface area contributed by atoms with Crippen molar-refractivity contribution in [1.29, 1.82) is 0 Å². The Balaban J connectivity index is 3.39. The average molecular weight is 178 g/mol. The van der Waals surface area contributed by atoms with Crippen LogP contribution in [0.3, 0.4) is 0 Å². The van der Waals surface area contributed by atoms with Gasteiger partial charge >= 0.3 is 0 Å². The fraction of sp³-hybridized carbons (Fsp3) is 1.00. The molecule has 4 heteroatoms. The smallest absolute Gasteiger partial charge is 0.164 e. The van der Waals surface area contributed by atoms with Crippen LogP contribution in [0.25, 0.3) is 0 Å². The summed E-state index contributed by atoms with van der Waals surface area (Å²) in [6.07, 6.45) is 3.89. The molecule has 0 aromatic heterocycles. The van der Waals surface area contributed by atoms with Gasteiger partial charge in [0.15, 0.2) is 9.84 Å². The van der Waals surface area contributed by atoms with E-state index in [1.54, 1.807) is 0 Å². The molecular formula is C7H16NO2S. The number of hydrogen-bond donors (Lipinski definition) is 0. The number of hydrogen-bond acceptors (Lipinski definition) is 2. The maximum atomic E-state index is 10.8. The van der Waals surface area contributed by atoms with Gasteiger partial charge in [0.25, 0.3) is 0 Å². The molecule has 0 spiro atoms. The molecule has 3 nitrogen and oxygen atoms in total. The van der Waals surface area contributed by atoms with Gasteiger partial charge in [0.05, 0.1) is 5.75 Å². The van der Waals surface area contributed by atoms with Crippen molar-refractivity contribution < 1.29 is 8.42 Å². The maximum absolute atomic E-state index is 10.8. The van der Waals surface area contributed by atoms with Gasteiger partial charge in [0, 0.05) is 0 Å². The highest BCUT2D eigenvalue weighted by molar-refractivity contribution is 7.91. The molecule has 0 saturated heterocycles. The van der Waals surface area contributed by atoms with Crippen LogP contribution in [0.2, 0.25) is 0 Å². The van der Waals surface area contributed by atoms with E-state index in [4.69, 9.17) is 5.73 Å². The summed E-state index contributed by atoms with van der Waals surface area (Å²) in [6, 6.07) is 0. The Labute approximate surface area is 68.9 Å². The van der Waals surface area contributed by atoms with Gasteiger partial charge < -0.3 is 0 Å². The lowest BCUT2D eigenvalue weighted by Gasteiger charge is -1.98. The average Bonchev–Trinajstić information content (AvgIpc) is 1.99. The van der Waals surface area contributed by atoms with Crippen LogP contribution in [0.15, 0.2) is 0 Å². The molecule has 0 fully saturated rings. The van der Waals surface area contributed by atoms with Crippen molar-refractivity contribution in [2.75, 3.05) is 11.6 Å². The topological polar surface area (TPSA) is 57.9 Å². The molecule has 1 N–H and O–H groups in total. The lowest BCUT2D eigenvalue weighted by atomic mass is 10.2. The highest BCUT2D eigenvalue weighted by Crippen LogP contribution is 2.01. The first-order valence-corrected chi connectivity index (χ1v) is 5.79. The summed E-state index contributed by atoms with van der Waals surface area (Å²) in [7, 11) is -3.03. The molecule has 0 aromatic rings. The Morgan fingerprint density at radius 2 is 1.82 bits per heavy atom. The van der Waals surface area contributed by atoms with Crippen molar-refractivity contribution in [3.8, 4) is 0 Å². The van der Waals surface area contributed by atoms with Crippen LogP contribution in [0.1, 0.15) is 32.6 Å². The van der Waals surface area contributed by atoms with Crippen LogP contribution >= 0.6 is 0 Å². The lowest BCUT2D eigenvalue weighted by molar-refractivity contribution is 0.588. The lowest BCUT2D eigenvalue weighted by Crippen LogP contribution is -2.11. The minimum atomic E-state index is -3.03. The second-order valence-electron chi connectivity index (χ2n) is 2.65. The maximum Gasteiger partial charge on any atom is 0.164 e. The molecule has 0 amide bonds. The van der Waals surface area contributed by atoms with E-state index in [-0.39, 0.29) is 5.75 Å². The Morgan fingerprint density at radius 1 is 1.18 bits per heavy atom. The molecule has 0 aliphatic heterocycles. The second-order valence-corrected chi connectivity index (χ2v) is 4.84. The van der Waals surface area contributed by atoms with Crippen LogP contribution in [-0.4, -0.2) is 20.0 Å². The van der Waals surface area contributed by atoms with Crippen molar-refractivity contribution in [3.63, 3.8) is 0 Å². The molecule has 0 heterocycles. The Hall–Kier alpha value is -0.0900. The SMILES string of the molecule is CCCCCCS(=O)(=O)C[NH]. The third-order valence-electron chi connectivity index (χ3n) is 1.53. The summed E-state index contributed by atoms with van der Waals surface area (Å²) < 4.78 is 21.5. The number of sulfone groups is 1. The Morgan fingerprint density at radius 3 is 2.27 bits per heavy atom. The summed E-state index contributed by atoms with van der Waals surface area (Å²) in [4.78, 5) is 0. The highest BCUT2D eigenvalue weighted by atomic mass is 32.2. The van der Waals surface area contributed by atoms with E-state index >= 15 is 0 Å². The largest absolute Gasteiger partial charge is 0.242 e. The molecule has 0 aromatic carbocycles. The van der Waals surface area contributed by atoms with Crippen molar-refractivity contribution in [2.24, 2.45) is 0 Å². The van der Waals surface area contributed by atoms with Gasteiger partial charge in [0.1, 0.15) is 5.88 Å². The molecule has 0 atom stereocenters. The summed E-state index contributed by atoms with van der Waals surface area (Å²) in [5.74, 6) is -0.268. The van der Waals surface area contributed by atoms with Gasteiger partial charge in [-0.3, -0.25) is 0 Å². The fourth-order valence-corrected chi connectivity index (χ4v) is 1.61. The Kier molecular flexibility index (Phi) is 5.50. The van der Waals surface area contributed by atoms with Gasteiger partial charge in [-0.25, -0.2) is 14.2 Å². The number of unbranched alkanes of at least 4 members (excludes halogenated alkanes) is 3. The zero-order valence-corrected chi connectivity index (χ0v) is 7.78. The number of rotatable bonds is 6. The third kappa shape index (κ3) is 6.31. The van der Waals surface area contributed by atoms with Crippen molar-refractivity contribution >= 4 is 9.84 Å². The van der Waals surface area contributed by atoms with E-state index in [2.05, 4.69) is 6.92 Å².